The number of nitrogens with one attached hydrogen (secondary N) is 2. The van der Waals surface area contributed by atoms with Crippen LogP contribution in [0.3, 0.4) is 0 Å². The predicted molar refractivity (Wildman–Crippen MR) is 115 cm³/mol. The van der Waals surface area contributed by atoms with Gasteiger partial charge in [0.25, 0.3) is 5.91 Å². The van der Waals surface area contributed by atoms with Gasteiger partial charge in [-0.15, -0.1) is 0 Å². The first-order chi connectivity index (χ1) is 15.2. The van der Waals surface area contributed by atoms with E-state index in [1.165, 1.54) is 13.2 Å². The first-order valence-electron chi connectivity index (χ1n) is 10.1. The van der Waals surface area contributed by atoms with E-state index in [1.54, 1.807) is 30.3 Å². The lowest BCUT2D eigenvalue weighted by Gasteiger charge is -2.33. The van der Waals surface area contributed by atoms with Crippen LogP contribution in [-0.4, -0.2) is 29.0 Å². The van der Waals surface area contributed by atoms with E-state index < -0.39 is 24.2 Å². The maximum atomic E-state index is 13.9. The Balaban J connectivity index is 1.64. The Kier molecular flexibility index (Phi) is 5.58. The number of alkyl halides is 3. The zero-order valence-corrected chi connectivity index (χ0v) is 17.8. The molecule has 0 saturated carbocycles. The monoisotopic (exact) mass is 444 g/mol. The molecule has 1 aliphatic rings. The molecule has 2 heterocycles. The van der Waals surface area contributed by atoms with Gasteiger partial charge in [0.05, 0.1) is 13.2 Å². The second kappa shape index (κ2) is 8.22. The highest BCUT2D eigenvalue weighted by Crippen LogP contribution is 2.43. The molecule has 32 heavy (non-hydrogen) atoms. The molecule has 2 aromatic carbocycles. The van der Waals surface area contributed by atoms with Crippen molar-refractivity contribution in [3.05, 3.63) is 70.9 Å². The van der Waals surface area contributed by atoms with Gasteiger partial charge in [0.15, 0.2) is 11.7 Å². The number of ether oxygens (including phenoxy) is 1. The van der Waals surface area contributed by atoms with Crippen molar-refractivity contribution in [1.29, 1.82) is 0 Å². The molecule has 0 bridgehead atoms. The minimum Gasteiger partial charge on any atom is -0.497 e. The lowest BCUT2D eigenvalue weighted by Crippen LogP contribution is -2.35. The van der Waals surface area contributed by atoms with Gasteiger partial charge >= 0.3 is 6.18 Å². The average molecular weight is 444 g/mol. The third-order valence-corrected chi connectivity index (χ3v) is 5.58. The predicted octanol–water partition coefficient (Wildman–Crippen LogP) is 5.42. The first kappa shape index (κ1) is 21.7. The molecule has 1 aromatic heterocycles. The summed E-state index contributed by atoms with van der Waals surface area (Å²) in [5.41, 5.74) is 3.00. The number of hydrogen-bond acceptors (Lipinski definition) is 4. The van der Waals surface area contributed by atoms with Crippen molar-refractivity contribution in [2.24, 2.45) is 0 Å². The molecule has 2 N–H and O–H groups in total. The number of rotatable bonds is 4. The molecule has 2 atom stereocenters. The highest BCUT2D eigenvalue weighted by atomic mass is 19.4. The minimum absolute atomic E-state index is 0.0852. The lowest BCUT2D eigenvalue weighted by atomic mass is 9.97. The van der Waals surface area contributed by atoms with Crippen molar-refractivity contribution in [3.8, 4) is 5.75 Å². The minimum atomic E-state index is -4.52. The third kappa shape index (κ3) is 4.28. The maximum absolute atomic E-state index is 13.9. The summed E-state index contributed by atoms with van der Waals surface area (Å²) in [5.74, 6) is 0.196. The van der Waals surface area contributed by atoms with E-state index >= 15 is 0 Å². The summed E-state index contributed by atoms with van der Waals surface area (Å²) in [6.07, 6.45) is -4.77. The Morgan fingerprint density at radius 3 is 2.53 bits per heavy atom. The van der Waals surface area contributed by atoms with E-state index in [9.17, 15) is 18.0 Å². The topological polar surface area (TPSA) is 68.2 Å². The molecule has 3 aromatic rings. The van der Waals surface area contributed by atoms with Crippen LogP contribution >= 0.6 is 0 Å². The highest BCUT2D eigenvalue weighted by Gasteiger charge is 2.46. The molecule has 0 saturated heterocycles. The zero-order chi connectivity index (χ0) is 23.0. The van der Waals surface area contributed by atoms with Crippen LogP contribution in [0.15, 0.2) is 48.5 Å². The van der Waals surface area contributed by atoms with Gasteiger partial charge in [0.1, 0.15) is 11.6 Å². The van der Waals surface area contributed by atoms with Gasteiger partial charge in [-0.25, -0.2) is 4.68 Å². The van der Waals surface area contributed by atoms with Gasteiger partial charge in [-0.2, -0.15) is 18.3 Å². The lowest BCUT2D eigenvalue weighted by molar-refractivity contribution is -0.173. The van der Waals surface area contributed by atoms with Crippen molar-refractivity contribution >= 4 is 17.4 Å². The van der Waals surface area contributed by atoms with Gasteiger partial charge in [0.2, 0.25) is 0 Å². The molecule has 4 rings (SSSR count). The molecule has 9 heteroatoms. The van der Waals surface area contributed by atoms with Gasteiger partial charge < -0.3 is 15.4 Å². The number of aromatic nitrogens is 2. The van der Waals surface area contributed by atoms with E-state index in [2.05, 4.69) is 15.7 Å². The number of anilines is 2. The van der Waals surface area contributed by atoms with Crippen molar-refractivity contribution in [3.63, 3.8) is 0 Å². The van der Waals surface area contributed by atoms with Gasteiger partial charge in [-0.3, -0.25) is 4.79 Å². The van der Waals surface area contributed by atoms with Crippen LogP contribution in [0.2, 0.25) is 0 Å². The van der Waals surface area contributed by atoms with Crippen LogP contribution in [0, 0.1) is 13.8 Å². The van der Waals surface area contributed by atoms with Crippen LogP contribution in [-0.2, 0) is 0 Å². The Labute approximate surface area is 183 Å². The molecule has 0 radical (unpaired) electrons. The van der Waals surface area contributed by atoms with Gasteiger partial charge in [-0.1, -0.05) is 24.3 Å². The molecule has 1 aliphatic heterocycles. The molecule has 0 spiro atoms. The number of amides is 1. The molecule has 0 fully saturated rings. The molecule has 6 nitrogen and oxygen atoms in total. The molecule has 168 valence electrons. The molecular formula is C23H23F3N4O2. The number of halogens is 3. The number of benzene rings is 2. The SMILES string of the molecule is COc1ccc(C2CC(C(F)(F)F)n3nc(C(=O)Nc4cc(C)ccc4C)cc3N2)cc1. The smallest absolute Gasteiger partial charge is 0.410 e. The van der Waals surface area contributed by atoms with E-state index in [1.807, 2.05) is 26.0 Å². The fourth-order valence-corrected chi connectivity index (χ4v) is 3.80. The fourth-order valence-electron chi connectivity index (χ4n) is 3.80. The maximum Gasteiger partial charge on any atom is 0.410 e. The van der Waals surface area contributed by atoms with E-state index in [0.29, 0.717) is 17.0 Å². The largest absolute Gasteiger partial charge is 0.497 e. The number of fused-ring (bicyclic) bond motifs is 1. The van der Waals surface area contributed by atoms with Gasteiger partial charge in [-0.05, 0) is 48.7 Å². The first-order valence-corrected chi connectivity index (χ1v) is 10.1. The average Bonchev–Trinajstić information content (AvgIpc) is 3.19. The van der Waals surface area contributed by atoms with Crippen molar-refractivity contribution in [2.45, 2.75) is 38.5 Å². The Morgan fingerprint density at radius 1 is 1.16 bits per heavy atom. The van der Waals surface area contributed by atoms with Crippen LogP contribution in [0.1, 0.15) is 45.7 Å². The van der Waals surface area contributed by atoms with E-state index in [4.69, 9.17) is 4.74 Å². The molecule has 2 unspecified atom stereocenters. The van der Waals surface area contributed by atoms with Crippen molar-refractivity contribution < 1.29 is 22.7 Å². The van der Waals surface area contributed by atoms with Crippen molar-refractivity contribution in [2.75, 3.05) is 17.7 Å². The van der Waals surface area contributed by atoms with E-state index in [0.717, 1.165) is 15.8 Å². The van der Waals surface area contributed by atoms with Gasteiger partial charge in [0, 0.05) is 18.2 Å². The number of methoxy groups -OCH3 is 1. The zero-order valence-electron chi connectivity index (χ0n) is 17.8. The highest BCUT2D eigenvalue weighted by molar-refractivity contribution is 6.03. The van der Waals surface area contributed by atoms with Crippen LogP contribution in [0.4, 0.5) is 24.7 Å². The quantitative estimate of drug-likeness (QED) is 0.564. The number of aryl methyl sites for hydroxylation is 2. The Hall–Kier alpha value is -3.49. The summed E-state index contributed by atoms with van der Waals surface area (Å²) >= 11 is 0. The summed E-state index contributed by atoms with van der Waals surface area (Å²) in [6, 6.07) is 11.4. The second-order valence-electron chi connectivity index (χ2n) is 7.90. The number of nitrogens with zero attached hydrogens (tertiary/aromatic N) is 2. The Morgan fingerprint density at radius 2 is 1.88 bits per heavy atom. The summed E-state index contributed by atoms with van der Waals surface area (Å²) in [4.78, 5) is 12.8. The summed E-state index contributed by atoms with van der Waals surface area (Å²) in [5, 5.41) is 9.84. The molecule has 1 amide bonds. The number of hydrogen-bond donors (Lipinski definition) is 2. The summed E-state index contributed by atoms with van der Waals surface area (Å²) < 4.78 is 47.6. The number of carbonyl (C=O) groups is 1. The fraction of sp³-hybridized carbons (Fsp3) is 0.304. The van der Waals surface area contributed by atoms with Crippen LogP contribution < -0.4 is 15.4 Å². The molecule has 0 aliphatic carbocycles. The Bertz CT molecular complexity index is 1140. The van der Waals surface area contributed by atoms with E-state index in [-0.39, 0.29) is 17.9 Å². The van der Waals surface area contributed by atoms with Crippen LogP contribution in [0.25, 0.3) is 0 Å². The summed E-state index contributed by atoms with van der Waals surface area (Å²) in [6.45, 7) is 3.73. The molecular weight excluding hydrogens is 421 g/mol. The second-order valence-corrected chi connectivity index (χ2v) is 7.90. The number of carbonyl (C=O) groups excluding carboxylic acids is 1. The standard InChI is InChI=1S/C23H23F3N4O2/c1-13-4-5-14(2)17(10-13)28-22(31)19-12-21-27-18(15-6-8-16(32-3)9-7-15)11-20(23(24,25)26)30(21)29-19/h4-10,12,18,20,27H,11H2,1-3H3,(H,28,31). The van der Waals surface area contributed by atoms with Crippen LogP contribution in [0.5, 0.6) is 5.75 Å². The summed E-state index contributed by atoms with van der Waals surface area (Å²) in [7, 11) is 1.52. The normalized spacial score (nSPS) is 17.9. The third-order valence-electron chi connectivity index (χ3n) is 5.58. The van der Waals surface area contributed by atoms with Crippen molar-refractivity contribution in [1.82, 2.24) is 9.78 Å².